The molecule has 0 radical (unpaired) electrons. The van der Waals surface area contributed by atoms with Gasteiger partial charge in [0.1, 0.15) is 11.6 Å². The summed E-state index contributed by atoms with van der Waals surface area (Å²) in [6, 6.07) is 13.1. The molecule has 3 aromatic rings. The molecule has 1 aliphatic rings. The van der Waals surface area contributed by atoms with E-state index in [1.165, 1.54) is 16.4 Å². The smallest absolute Gasteiger partial charge is 0.243 e. The van der Waals surface area contributed by atoms with Crippen molar-refractivity contribution >= 4 is 20.8 Å². The van der Waals surface area contributed by atoms with Gasteiger partial charge in [-0.3, -0.25) is 4.98 Å². The number of hydrogen-bond acceptors (Lipinski definition) is 5. The number of rotatable bonds is 10. The molecule has 0 spiro atoms. The number of pyridine rings is 1. The first-order valence-corrected chi connectivity index (χ1v) is 12.8. The highest BCUT2D eigenvalue weighted by atomic mass is 32.2. The normalized spacial score (nSPS) is 17.1. The topological polar surface area (TPSA) is 62.7 Å². The van der Waals surface area contributed by atoms with Gasteiger partial charge in [0.15, 0.2) is 0 Å². The van der Waals surface area contributed by atoms with Crippen LogP contribution in [0.15, 0.2) is 65.8 Å². The molecule has 1 atom stereocenters. The van der Waals surface area contributed by atoms with E-state index >= 15 is 0 Å². The summed E-state index contributed by atoms with van der Waals surface area (Å²) in [5.74, 6) is 0.736. The van der Waals surface area contributed by atoms with Crippen LogP contribution in [0.1, 0.15) is 19.3 Å². The van der Waals surface area contributed by atoms with Crippen molar-refractivity contribution in [3.63, 3.8) is 0 Å². The number of hydrogen-bond donors (Lipinski definition) is 0. The van der Waals surface area contributed by atoms with Crippen LogP contribution in [-0.2, 0) is 10.0 Å². The number of ether oxygens (including phenoxy) is 1. The first kappa shape index (κ1) is 23.6. The van der Waals surface area contributed by atoms with Gasteiger partial charge in [0.25, 0.3) is 0 Å². The Morgan fingerprint density at radius 2 is 1.97 bits per heavy atom. The molecule has 0 N–H and O–H groups in total. The zero-order chi connectivity index (χ0) is 23.3. The van der Waals surface area contributed by atoms with Crippen LogP contribution in [0.2, 0.25) is 0 Å². The van der Waals surface area contributed by atoms with Crippen LogP contribution >= 0.6 is 0 Å². The molecule has 2 aromatic carbocycles. The molecular weight excluding hydrogens is 441 g/mol. The van der Waals surface area contributed by atoms with Crippen LogP contribution in [0.5, 0.6) is 5.75 Å². The lowest BCUT2D eigenvalue weighted by molar-refractivity contribution is 0.271. The van der Waals surface area contributed by atoms with E-state index in [4.69, 9.17) is 4.74 Å². The lowest BCUT2D eigenvalue weighted by Crippen LogP contribution is -2.33. The lowest BCUT2D eigenvalue weighted by Gasteiger charge is -2.22. The number of likely N-dealkylation sites (tertiary alicyclic amines) is 1. The van der Waals surface area contributed by atoms with Crippen molar-refractivity contribution in [1.29, 1.82) is 0 Å². The molecule has 8 heteroatoms. The van der Waals surface area contributed by atoms with Gasteiger partial charge in [-0.2, -0.15) is 0 Å². The first-order valence-electron chi connectivity index (χ1n) is 11.3. The Morgan fingerprint density at radius 1 is 1.15 bits per heavy atom. The van der Waals surface area contributed by atoms with Crippen molar-refractivity contribution in [2.75, 3.05) is 39.8 Å². The number of nitrogens with zero attached hydrogens (tertiary/aromatic N) is 3. The summed E-state index contributed by atoms with van der Waals surface area (Å²) in [6.07, 6.45) is 6.23. The van der Waals surface area contributed by atoms with Gasteiger partial charge in [-0.1, -0.05) is 12.1 Å². The maximum absolute atomic E-state index is 13.3. The average molecular weight is 472 g/mol. The minimum absolute atomic E-state index is 0.265. The SMILES string of the molecule is CN(CC1CCN(CCCCOc2ccc(F)cc2)C1)S(=O)(=O)c1cccc2cnccc12. The Labute approximate surface area is 195 Å². The predicted octanol–water partition coefficient (Wildman–Crippen LogP) is 4.18. The van der Waals surface area contributed by atoms with Crippen LogP contribution in [0.4, 0.5) is 4.39 Å². The van der Waals surface area contributed by atoms with Crippen LogP contribution in [0.25, 0.3) is 10.8 Å². The number of halogens is 1. The summed E-state index contributed by atoms with van der Waals surface area (Å²) < 4.78 is 46.6. The molecule has 1 fully saturated rings. The van der Waals surface area contributed by atoms with Crippen molar-refractivity contribution in [3.05, 3.63) is 66.7 Å². The molecule has 33 heavy (non-hydrogen) atoms. The number of sulfonamides is 1. The summed E-state index contributed by atoms with van der Waals surface area (Å²) in [6.45, 7) is 3.96. The lowest BCUT2D eigenvalue weighted by atomic mass is 10.1. The van der Waals surface area contributed by atoms with Crippen molar-refractivity contribution in [2.24, 2.45) is 5.92 Å². The quantitative estimate of drug-likeness (QED) is 0.415. The molecule has 1 unspecified atom stereocenters. The molecule has 1 aliphatic heterocycles. The third-order valence-electron chi connectivity index (χ3n) is 6.17. The maximum atomic E-state index is 13.3. The third-order valence-corrected chi connectivity index (χ3v) is 8.05. The summed E-state index contributed by atoms with van der Waals surface area (Å²) in [7, 11) is -1.91. The fraction of sp³-hybridized carbons (Fsp3) is 0.400. The van der Waals surface area contributed by atoms with Gasteiger partial charge in [-0.15, -0.1) is 0 Å². The Balaban J connectivity index is 1.23. The molecule has 6 nitrogen and oxygen atoms in total. The van der Waals surface area contributed by atoms with Crippen molar-refractivity contribution < 1.29 is 17.5 Å². The van der Waals surface area contributed by atoms with Crippen LogP contribution in [-0.4, -0.2) is 62.4 Å². The van der Waals surface area contributed by atoms with Gasteiger partial charge in [-0.25, -0.2) is 17.1 Å². The Hall–Kier alpha value is -2.55. The Morgan fingerprint density at radius 3 is 2.79 bits per heavy atom. The van der Waals surface area contributed by atoms with Gasteiger partial charge in [0.2, 0.25) is 10.0 Å². The second kappa shape index (κ2) is 10.6. The van der Waals surface area contributed by atoms with Gasteiger partial charge >= 0.3 is 0 Å². The highest BCUT2D eigenvalue weighted by Gasteiger charge is 2.29. The average Bonchev–Trinajstić information content (AvgIpc) is 3.26. The fourth-order valence-electron chi connectivity index (χ4n) is 4.37. The van der Waals surface area contributed by atoms with E-state index in [1.54, 1.807) is 49.8 Å². The molecule has 1 aromatic heterocycles. The van der Waals surface area contributed by atoms with Crippen LogP contribution in [0.3, 0.4) is 0 Å². The van der Waals surface area contributed by atoms with Gasteiger partial charge in [-0.05, 0) is 74.7 Å². The van der Waals surface area contributed by atoms with Crippen molar-refractivity contribution in [1.82, 2.24) is 14.2 Å². The molecule has 1 saturated heterocycles. The van der Waals surface area contributed by atoms with E-state index < -0.39 is 10.0 Å². The molecule has 0 amide bonds. The van der Waals surface area contributed by atoms with Crippen LogP contribution in [0, 0.1) is 11.7 Å². The highest BCUT2D eigenvalue weighted by molar-refractivity contribution is 7.89. The van der Waals surface area contributed by atoms with Crippen LogP contribution < -0.4 is 4.74 Å². The van der Waals surface area contributed by atoms with Crippen molar-refractivity contribution in [3.8, 4) is 5.75 Å². The number of fused-ring (bicyclic) bond motifs is 1. The monoisotopic (exact) mass is 471 g/mol. The summed E-state index contributed by atoms with van der Waals surface area (Å²) in [4.78, 5) is 6.82. The number of benzene rings is 2. The second-order valence-corrected chi connectivity index (χ2v) is 10.6. The van der Waals surface area contributed by atoms with E-state index in [9.17, 15) is 12.8 Å². The van der Waals surface area contributed by atoms with Gasteiger partial charge in [0, 0.05) is 43.3 Å². The predicted molar refractivity (Wildman–Crippen MR) is 127 cm³/mol. The van der Waals surface area contributed by atoms with E-state index in [0.29, 0.717) is 35.1 Å². The molecule has 2 heterocycles. The first-order chi connectivity index (χ1) is 15.9. The minimum atomic E-state index is -3.58. The Kier molecular flexibility index (Phi) is 7.57. The zero-order valence-corrected chi connectivity index (χ0v) is 19.7. The summed E-state index contributed by atoms with van der Waals surface area (Å²) in [5, 5.41) is 1.53. The molecule has 176 valence electrons. The molecule has 0 aliphatic carbocycles. The second-order valence-electron chi connectivity index (χ2n) is 8.60. The number of unbranched alkanes of at least 4 members (excludes halogenated alkanes) is 1. The largest absolute Gasteiger partial charge is 0.494 e. The zero-order valence-electron chi connectivity index (χ0n) is 18.9. The molecule has 4 rings (SSSR count). The van der Waals surface area contributed by atoms with E-state index in [0.717, 1.165) is 44.3 Å². The van der Waals surface area contributed by atoms with E-state index in [-0.39, 0.29) is 5.82 Å². The number of aromatic nitrogens is 1. The molecule has 0 bridgehead atoms. The standard InChI is InChI=1S/C25H30FN3O3S/c1-28(33(30,31)25-6-4-5-21-17-27-13-11-24(21)25)18-20-12-15-29(19-20)14-2-3-16-32-23-9-7-22(26)8-10-23/h4-11,13,17,20H,2-3,12,14-16,18-19H2,1H3. The fourth-order valence-corrected chi connectivity index (χ4v) is 5.83. The van der Waals surface area contributed by atoms with Gasteiger partial charge < -0.3 is 9.64 Å². The summed E-state index contributed by atoms with van der Waals surface area (Å²) in [5.41, 5.74) is 0. The third kappa shape index (κ3) is 5.88. The molecular formula is C25H30FN3O3S. The Bertz CT molecular complexity index is 1170. The van der Waals surface area contributed by atoms with E-state index in [2.05, 4.69) is 9.88 Å². The van der Waals surface area contributed by atoms with E-state index in [1.807, 2.05) is 6.07 Å². The maximum Gasteiger partial charge on any atom is 0.243 e. The summed E-state index contributed by atoms with van der Waals surface area (Å²) >= 11 is 0. The highest BCUT2D eigenvalue weighted by Crippen LogP contribution is 2.26. The minimum Gasteiger partial charge on any atom is -0.494 e. The van der Waals surface area contributed by atoms with Crippen molar-refractivity contribution in [2.45, 2.75) is 24.2 Å². The molecule has 0 saturated carbocycles. The van der Waals surface area contributed by atoms with Gasteiger partial charge in [0.05, 0.1) is 11.5 Å².